The van der Waals surface area contributed by atoms with E-state index in [0.717, 1.165) is 17.7 Å². The average molecular weight is 276 g/mol. The molecule has 0 unspecified atom stereocenters. The summed E-state index contributed by atoms with van der Waals surface area (Å²) in [6, 6.07) is 17.8. The molecule has 0 saturated carbocycles. The van der Waals surface area contributed by atoms with E-state index >= 15 is 0 Å². The minimum Gasteiger partial charge on any atom is -0.295 e. The summed E-state index contributed by atoms with van der Waals surface area (Å²) >= 11 is 0. The average Bonchev–Trinajstić information content (AvgIpc) is 3.04. The third-order valence-electron chi connectivity index (χ3n) is 4.27. The maximum Gasteiger partial charge on any atom is 0.272 e. The first-order valence-electron chi connectivity index (χ1n) is 7.25. The second-order valence-electron chi connectivity index (χ2n) is 5.50. The number of hydrogen-bond acceptors (Lipinski definition) is 2. The van der Waals surface area contributed by atoms with E-state index in [1.807, 2.05) is 42.5 Å². The molecule has 0 spiro atoms. The zero-order valence-electron chi connectivity index (χ0n) is 11.6. The topological polar surface area (TPSA) is 32.3 Å². The van der Waals surface area contributed by atoms with Crippen molar-refractivity contribution in [1.29, 1.82) is 0 Å². The minimum absolute atomic E-state index is 0.0313. The molecule has 104 valence electrons. The fourth-order valence-corrected chi connectivity index (χ4v) is 3.24. The van der Waals surface area contributed by atoms with E-state index in [9.17, 15) is 4.79 Å². The summed E-state index contributed by atoms with van der Waals surface area (Å²) < 4.78 is 0. The molecule has 3 nitrogen and oxygen atoms in total. The van der Waals surface area contributed by atoms with Gasteiger partial charge in [0, 0.05) is 11.5 Å². The van der Waals surface area contributed by atoms with Crippen LogP contribution in [-0.2, 0) is 0 Å². The highest BCUT2D eigenvalue weighted by molar-refractivity contribution is 5.95. The Kier molecular flexibility index (Phi) is 2.78. The fraction of sp³-hybridized carbons (Fsp3) is 0.167. The van der Waals surface area contributed by atoms with Crippen LogP contribution >= 0.6 is 0 Å². The van der Waals surface area contributed by atoms with Gasteiger partial charge in [-0.1, -0.05) is 48.6 Å². The lowest BCUT2D eigenvalue weighted by Crippen LogP contribution is -2.48. The van der Waals surface area contributed by atoms with Gasteiger partial charge in [-0.15, -0.1) is 0 Å². The van der Waals surface area contributed by atoms with Crippen LogP contribution in [0.15, 0.2) is 66.7 Å². The zero-order chi connectivity index (χ0) is 14.2. The van der Waals surface area contributed by atoms with Crippen LogP contribution in [0.4, 0.5) is 5.69 Å². The molecule has 2 aromatic carbocycles. The molecule has 0 bridgehead atoms. The van der Waals surface area contributed by atoms with Gasteiger partial charge >= 0.3 is 0 Å². The van der Waals surface area contributed by atoms with Crippen molar-refractivity contribution in [2.75, 3.05) is 5.43 Å². The first kappa shape index (κ1) is 12.2. The standard InChI is InChI=1S/C18H16N2O/c21-18(13-7-2-1-3-8-13)20-17-12-6-10-15(17)14-9-4-5-11-16(14)19-20/h1-11,15,17,19H,12H2/t15-,17-/m1/s1. The third-order valence-corrected chi connectivity index (χ3v) is 4.27. The molecular formula is C18H16N2O. The van der Waals surface area contributed by atoms with Crippen LogP contribution in [0.25, 0.3) is 0 Å². The molecule has 2 aliphatic rings. The van der Waals surface area contributed by atoms with E-state index in [1.165, 1.54) is 5.56 Å². The fourth-order valence-electron chi connectivity index (χ4n) is 3.24. The smallest absolute Gasteiger partial charge is 0.272 e. The normalized spacial score (nSPS) is 22.4. The SMILES string of the molecule is O=C(c1ccccc1)N1Nc2ccccc2[C@H]2C=CC[C@H]21. The number of para-hydroxylation sites is 1. The van der Waals surface area contributed by atoms with Crippen molar-refractivity contribution >= 4 is 11.6 Å². The summed E-state index contributed by atoms with van der Waals surface area (Å²) in [4.78, 5) is 12.8. The number of amides is 1. The molecule has 3 heteroatoms. The number of rotatable bonds is 1. The second kappa shape index (κ2) is 4.77. The number of nitrogens with one attached hydrogen (secondary N) is 1. The molecule has 2 atom stereocenters. The molecule has 0 fully saturated rings. The van der Waals surface area contributed by atoms with Crippen LogP contribution in [0.1, 0.15) is 28.3 Å². The maximum atomic E-state index is 12.8. The van der Waals surface area contributed by atoms with Crippen LogP contribution < -0.4 is 5.43 Å². The molecule has 1 amide bonds. The van der Waals surface area contributed by atoms with Gasteiger partial charge in [-0.3, -0.25) is 10.2 Å². The molecular weight excluding hydrogens is 260 g/mol. The molecule has 1 N–H and O–H groups in total. The van der Waals surface area contributed by atoms with Crippen molar-refractivity contribution in [1.82, 2.24) is 5.01 Å². The number of nitrogens with zero attached hydrogens (tertiary/aromatic N) is 1. The van der Waals surface area contributed by atoms with Crippen molar-refractivity contribution < 1.29 is 4.79 Å². The van der Waals surface area contributed by atoms with Gasteiger partial charge in [0.05, 0.1) is 11.7 Å². The molecule has 1 aliphatic carbocycles. The number of carbonyl (C=O) groups excluding carboxylic acids is 1. The largest absolute Gasteiger partial charge is 0.295 e. The lowest BCUT2D eigenvalue weighted by Gasteiger charge is -2.39. The summed E-state index contributed by atoms with van der Waals surface area (Å²) in [5.74, 6) is 0.318. The van der Waals surface area contributed by atoms with Gasteiger partial charge in [0.1, 0.15) is 0 Å². The van der Waals surface area contributed by atoms with Gasteiger partial charge in [-0.25, -0.2) is 5.01 Å². The third kappa shape index (κ3) is 1.93. The van der Waals surface area contributed by atoms with Crippen LogP contribution in [0, 0.1) is 0 Å². The Hall–Kier alpha value is -2.55. The van der Waals surface area contributed by atoms with E-state index in [4.69, 9.17) is 0 Å². The predicted octanol–water partition coefficient (Wildman–Crippen LogP) is 3.58. The Morgan fingerprint density at radius 3 is 2.67 bits per heavy atom. The first-order valence-corrected chi connectivity index (χ1v) is 7.25. The summed E-state index contributed by atoms with van der Waals surface area (Å²) in [5.41, 5.74) is 6.32. The molecule has 1 heterocycles. The lowest BCUT2D eigenvalue weighted by molar-refractivity contribution is 0.0714. The Morgan fingerprint density at radius 2 is 1.81 bits per heavy atom. The van der Waals surface area contributed by atoms with Crippen molar-refractivity contribution in [2.45, 2.75) is 18.4 Å². The van der Waals surface area contributed by atoms with Crippen LogP contribution in [0.3, 0.4) is 0 Å². The number of hydrazine groups is 1. The molecule has 21 heavy (non-hydrogen) atoms. The van der Waals surface area contributed by atoms with Crippen molar-refractivity contribution in [3.8, 4) is 0 Å². The quantitative estimate of drug-likeness (QED) is 0.807. The highest BCUT2D eigenvalue weighted by atomic mass is 16.2. The van der Waals surface area contributed by atoms with E-state index in [2.05, 4.69) is 29.7 Å². The van der Waals surface area contributed by atoms with E-state index in [-0.39, 0.29) is 17.9 Å². The van der Waals surface area contributed by atoms with Gasteiger partial charge in [-0.05, 0) is 30.2 Å². The Balaban J connectivity index is 1.73. The summed E-state index contributed by atoms with van der Waals surface area (Å²) in [6.07, 6.45) is 5.28. The zero-order valence-corrected chi connectivity index (χ0v) is 11.6. The van der Waals surface area contributed by atoms with Crippen LogP contribution in [-0.4, -0.2) is 17.0 Å². The number of fused-ring (bicyclic) bond motifs is 3. The van der Waals surface area contributed by atoms with Gasteiger partial charge in [0.25, 0.3) is 5.91 Å². The Labute approximate surface area is 123 Å². The van der Waals surface area contributed by atoms with Crippen molar-refractivity contribution in [3.05, 3.63) is 77.9 Å². The van der Waals surface area contributed by atoms with Gasteiger partial charge in [0.2, 0.25) is 0 Å². The van der Waals surface area contributed by atoms with Gasteiger partial charge in [0.15, 0.2) is 0 Å². The first-order chi connectivity index (χ1) is 10.3. The number of hydrogen-bond donors (Lipinski definition) is 1. The summed E-state index contributed by atoms with van der Waals surface area (Å²) in [6.45, 7) is 0. The molecule has 4 rings (SSSR count). The highest BCUT2D eigenvalue weighted by Gasteiger charge is 2.38. The molecule has 0 radical (unpaired) electrons. The van der Waals surface area contributed by atoms with Crippen LogP contribution in [0.2, 0.25) is 0 Å². The number of anilines is 1. The van der Waals surface area contributed by atoms with Crippen molar-refractivity contribution in [3.63, 3.8) is 0 Å². The van der Waals surface area contributed by atoms with Gasteiger partial charge < -0.3 is 0 Å². The number of carbonyl (C=O) groups is 1. The molecule has 0 saturated heterocycles. The van der Waals surface area contributed by atoms with E-state index < -0.39 is 0 Å². The van der Waals surface area contributed by atoms with Gasteiger partial charge in [-0.2, -0.15) is 0 Å². The Bertz CT molecular complexity index is 708. The molecule has 1 aliphatic heterocycles. The molecule has 2 aromatic rings. The highest BCUT2D eigenvalue weighted by Crippen LogP contribution is 2.40. The van der Waals surface area contributed by atoms with Crippen LogP contribution in [0.5, 0.6) is 0 Å². The minimum atomic E-state index is 0.0313. The molecule has 0 aromatic heterocycles. The summed E-state index contributed by atoms with van der Waals surface area (Å²) in [5, 5.41) is 1.79. The lowest BCUT2D eigenvalue weighted by atomic mass is 9.90. The second-order valence-corrected chi connectivity index (χ2v) is 5.50. The summed E-state index contributed by atoms with van der Waals surface area (Å²) in [7, 11) is 0. The Morgan fingerprint density at radius 1 is 1.05 bits per heavy atom. The maximum absolute atomic E-state index is 12.8. The van der Waals surface area contributed by atoms with E-state index in [1.54, 1.807) is 5.01 Å². The predicted molar refractivity (Wildman–Crippen MR) is 83.0 cm³/mol. The van der Waals surface area contributed by atoms with E-state index in [0.29, 0.717) is 0 Å². The number of benzene rings is 2. The van der Waals surface area contributed by atoms with Crippen molar-refractivity contribution in [2.24, 2.45) is 0 Å². The monoisotopic (exact) mass is 276 g/mol.